The molecule has 2 aliphatic heterocycles. The van der Waals surface area contributed by atoms with E-state index in [0.29, 0.717) is 13.1 Å². The molecule has 0 bridgehead atoms. The van der Waals surface area contributed by atoms with Crippen molar-refractivity contribution in [2.75, 3.05) is 37.6 Å². The molecule has 7 heteroatoms. The number of rotatable bonds is 6. The number of carbonyl (C=O) groups excluding carboxylic acids is 2. The molecule has 2 saturated heterocycles. The molecule has 4 rings (SSSR count). The van der Waals surface area contributed by atoms with Crippen molar-refractivity contribution < 1.29 is 9.59 Å². The molecule has 7 nitrogen and oxygen atoms in total. The Morgan fingerprint density at radius 3 is 2.22 bits per heavy atom. The number of hydrogen-bond acceptors (Lipinski definition) is 5. The zero-order valence-electron chi connectivity index (χ0n) is 18.9. The Balaban J connectivity index is 1.32. The van der Waals surface area contributed by atoms with Gasteiger partial charge in [0.25, 0.3) is 5.91 Å². The van der Waals surface area contributed by atoms with Crippen LogP contribution in [0.3, 0.4) is 0 Å². The van der Waals surface area contributed by atoms with Crippen LogP contribution in [-0.4, -0.2) is 70.3 Å². The minimum absolute atomic E-state index is 0.0606. The van der Waals surface area contributed by atoms with Crippen LogP contribution in [0.1, 0.15) is 49.4 Å². The second-order valence-corrected chi connectivity index (χ2v) is 8.73. The third-order valence-corrected chi connectivity index (χ3v) is 6.64. The first kappa shape index (κ1) is 22.2. The van der Waals surface area contributed by atoms with E-state index in [1.54, 1.807) is 12.4 Å². The van der Waals surface area contributed by atoms with Gasteiger partial charge < -0.3 is 14.7 Å². The number of benzene rings is 1. The van der Waals surface area contributed by atoms with Crippen LogP contribution in [0.15, 0.2) is 48.8 Å². The second-order valence-electron chi connectivity index (χ2n) is 8.73. The van der Waals surface area contributed by atoms with Crippen molar-refractivity contribution in [3.8, 4) is 0 Å². The highest BCUT2D eigenvalue weighted by molar-refractivity contribution is 5.94. The lowest BCUT2D eigenvalue weighted by atomic mass is 9.93. The maximum absolute atomic E-state index is 13.5. The van der Waals surface area contributed by atoms with Gasteiger partial charge in [0.15, 0.2) is 0 Å². The second kappa shape index (κ2) is 10.6. The van der Waals surface area contributed by atoms with Crippen molar-refractivity contribution in [2.24, 2.45) is 5.92 Å². The first-order valence-corrected chi connectivity index (χ1v) is 11.8. The van der Waals surface area contributed by atoms with Crippen molar-refractivity contribution >= 4 is 17.8 Å². The molecular formula is C25H33N5O2. The average molecular weight is 436 g/mol. The standard InChI is InChI=1S/C25H33N5O2/c1-2-15-30(22-11-18-28(19-12-22)23(31)20-7-4-3-5-8-20)24(32)21-9-16-29(17-10-21)25-26-13-6-14-27-25/h3-8,13-14,21-22H,2,9-12,15-19H2,1H3. The number of aromatic nitrogens is 2. The Hall–Kier alpha value is -2.96. The van der Waals surface area contributed by atoms with Crippen molar-refractivity contribution in [2.45, 2.75) is 45.1 Å². The van der Waals surface area contributed by atoms with Crippen LogP contribution in [0.25, 0.3) is 0 Å². The summed E-state index contributed by atoms with van der Waals surface area (Å²) in [5.41, 5.74) is 0.738. The van der Waals surface area contributed by atoms with E-state index >= 15 is 0 Å². The Morgan fingerprint density at radius 2 is 1.59 bits per heavy atom. The van der Waals surface area contributed by atoms with Crippen LogP contribution < -0.4 is 4.90 Å². The van der Waals surface area contributed by atoms with Gasteiger partial charge in [-0.3, -0.25) is 9.59 Å². The van der Waals surface area contributed by atoms with E-state index in [9.17, 15) is 9.59 Å². The molecule has 3 heterocycles. The molecule has 1 aromatic carbocycles. The molecule has 170 valence electrons. The summed E-state index contributed by atoms with van der Waals surface area (Å²) >= 11 is 0. The Kier molecular flexibility index (Phi) is 7.35. The average Bonchev–Trinajstić information content (AvgIpc) is 2.88. The van der Waals surface area contributed by atoms with Gasteiger partial charge in [-0.25, -0.2) is 9.97 Å². The smallest absolute Gasteiger partial charge is 0.253 e. The van der Waals surface area contributed by atoms with Crippen LogP contribution in [-0.2, 0) is 4.79 Å². The van der Waals surface area contributed by atoms with Crippen molar-refractivity contribution in [1.82, 2.24) is 19.8 Å². The predicted octanol–water partition coefficient (Wildman–Crippen LogP) is 3.24. The van der Waals surface area contributed by atoms with Gasteiger partial charge in [-0.15, -0.1) is 0 Å². The fourth-order valence-corrected chi connectivity index (χ4v) is 4.87. The topological polar surface area (TPSA) is 69.6 Å². The number of nitrogens with zero attached hydrogens (tertiary/aromatic N) is 5. The lowest BCUT2D eigenvalue weighted by Crippen LogP contribution is -2.51. The molecule has 2 amide bonds. The number of amides is 2. The lowest BCUT2D eigenvalue weighted by molar-refractivity contribution is -0.139. The molecule has 0 aliphatic carbocycles. The summed E-state index contributed by atoms with van der Waals surface area (Å²) in [5.74, 6) is 1.19. The third kappa shape index (κ3) is 5.09. The van der Waals surface area contributed by atoms with Gasteiger partial charge >= 0.3 is 0 Å². The largest absolute Gasteiger partial charge is 0.341 e. The van der Waals surface area contributed by atoms with Gasteiger partial charge in [0.05, 0.1) is 0 Å². The zero-order valence-corrected chi connectivity index (χ0v) is 18.9. The van der Waals surface area contributed by atoms with E-state index in [1.807, 2.05) is 41.3 Å². The Labute approximate surface area is 190 Å². The molecule has 0 N–H and O–H groups in total. The fraction of sp³-hybridized carbons (Fsp3) is 0.520. The molecule has 2 fully saturated rings. The molecule has 0 saturated carbocycles. The van der Waals surface area contributed by atoms with Gasteiger partial charge in [-0.1, -0.05) is 25.1 Å². The Bertz CT molecular complexity index is 876. The van der Waals surface area contributed by atoms with E-state index in [2.05, 4.69) is 26.7 Å². The SMILES string of the molecule is CCCN(C(=O)C1CCN(c2ncccn2)CC1)C1CCN(C(=O)c2ccccc2)CC1. The quantitative estimate of drug-likeness (QED) is 0.697. The van der Waals surface area contributed by atoms with Crippen molar-refractivity contribution in [3.63, 3.8) is 0 Å². The van der Waals surface area contributed by atoms with Gasteiger partial charge in [0.1, 0.15) is 0 Å². The van der Waals surface area contributed by atoms with Crippen molar-refractivity contribution in [1.29, 1.82) is 0 Å². The van der Waals surface area contributed by atoms with Crippen LogP contribution >= 0.6 is 0 Å². The zero-order chi connectivity index (χ0) is 22.3. The molecule has 0 spiro atoms. The molecule has 2 aromatic rings. The van der Waals surface area contributed by atoms with E-state index < -0.39 is 0 Å². The molecule has 0 radical (unpaired) electrons. The van der Waals surface area contributed by atoms with Crippen LogP contribution in [0.2, 0.25) is 0 Å². The van der Waals surface area contributed by atoms with Gasteiger partial charge in [0.2, 0.25) is 11.9 Å². The molecule has 0 atom stereocenters. The first-order chi connectivity index (χ1) is 15.7. The van der Waals surface area contributed by atoms with E-state index in [-0.39, 0.29) is 23.8 Å². The van der Waals surface area contributed by atoms with Gasteiger partial charge in [0, 0.05) is 62.6 Å². The number of carbonyl (C=O) groups is 2. The molecule has 2 aliphatic rings. The van der Waals surface area contributed by atoms with Crippen LogP contribution in [0.5, 0.6) is 0 Å². The van der Waals surface area contributed by atoms with E-state index in [4.69, 9.17) is 0 Å². The summed E-state index contributed by atoms with van der Waals surface area (Å²) in [7, 11) is 0. The van der Waals surface area contributed by atoms with Crippen molar-refractivity contribution in [3.05, 3.63) is 54.4 Å². The summed E-state index contributed by atoms with van der Waals surface area (Å²) in [6.45, 7) is 5.95. The molecular weight excluding hydrogens is 402 g/mol. The predicted molar refractivity (Wildman–Crippen MR) is 124 cm³/mol. The minimum atomic E-state index is 0.0606. The van der Waals surface area contributed by atoms with E-state index in [1.165, 1.54) is 0 Å². The normalized spacial score (nSPS) is 17.9. The van der Waals surface area contributed by atoms with Gasteiger partial charge in [-0.2, -0.15) is 0 Å². The maximum Gasteiger partial charge on any atom is 0.253 e. The van der Waals surface area contributed by atoms with Gasteiger partial charge in [-0.05, 0) is 50.3 Å². The minimum Gasteiger partial charge on any atom is -0.341 e. The highest BCUT2D eigenvalue weighted by atomic mass is 16.2. The lowest BCUT2D eigenvalue weighted by Gasteiger charge is -2.41. The van der Waals surface area contributed by atoms with E-state index in [0.717, 1.165) is 63.3 Å². The number of piperidine rings is 2. The summed E-state index contributed by atoms with van der Waals surface area (Å²) in [4.78, 5) is 41.1. The summed E-state index contributed by atoms with van der Waals surface area (Å²) < 4.78 is 0. The highest BCUT2D eigenvalue weighted by Gasteiger charge is 2.34. The molecule has 32 heavy (non-hydrogen) atoms. The monoisotopic (exact) mass is 435 g/mol. The summed E-state index contributed by atoms with van der Waals surface area (Å²) in [5, 5.41) is 0. The van der Waals surface area contributed by atoms with Crippen LogP contribution in [0.4, 0.5) is 5.95 Å². The first-order valence-electron chi connectivity index (χ1n) is 11.8. The number of likely N-dealkylation sites (tertiary alicyclic amines) is 1. The summed E-state index contributed by atoms with van der Waals surface area (Å²) in [6, 6.07) is 11.5. The number of hydrogen-bond donors (Lipinski definition) is 0. The fourth-order valence-electron chi connectivity index (χ4n) is 4.87. The number of anilines is 1. The maximum atomic E-state index is 13.5. The van der Waals surface area contributed by atoms with Crippen LogP contribution in [0, 0.1) is 5.92 Å². The molecule has 0 unspecified atom stereocenters. The Morgan fingerprint density at radius 1 is 0.938 bits per heavy atom. The molecule has 1 aromatic heterocycles. The highest BCUT2D eigenvalue weighted by Crippen LogP contribution is 2.26. The third-order valence-electron chi connectivity index (χ3n) is 6.64. The summed E-state index contributed by atoms with van der Waals surface area (Å²) in [6.07, 6.45) is 7.84.